The van der Waals surface area contributed by atoms with Gasteiger partial charge in [0.2, 0.25) is 0 Å². The van der Waals surface area contributed by atoms with Crippen LogP contribution in [-0.2, 0) is 0 Å². The Labute approximate surface area is 130 Å². The van der Waals surface area contributed by atoms with Crippen molar-refractivity contribution in [3.63, 3.8) is 0 Å². The topological polar surface area (TPSA) is 52.6 Å². The van der Waals surface area contributed by atoms with Crippen LogP contribution in [0.1, 0.15) is 12.8 Å². The van der Waals surface area contributed by atoms with E-state index in [0.29, 0.717) is 28.9 Å². The van der Waals surface area contributed by atoms with Crippen molar-refractivity contribution < 1.29 is 23.1 Å². The molecule has 4 nitrogen and oxygen atoms in total. The number of halogens is 3. The molecule has 0 bridgehead atoms. The number of hydrogen-bond acceptors (Lipinski definition) is 3. The number of alkyl halides is 3. The first-order valence-corrected chi connectivity index (χ1v) is 7.86. The van der Waals surface area contributed by atoms with E-state index >= 15 is 0 Å². The van der Waals surface area contributed by atoms with Crippen LogP contribution in [0, 0.1) is 0 Å². The lowest BCUT2D eigenvalue weighted by Crippen LogP contribution is -2.40. The van der Waals surface area contributed by atoms with Gasteiger partial charge < -0.3 is 15.3 Å². The van der Waals surface area contributed by atoms with Gasteiger partial charge in [-0.05, 0) is 25.0 Å². The molecule has 1 atom stereocenters. The summed E-state index contributed by atoms with van der Waals surface area (Å²) in [4.78, 5) is 14.1. The van der Waals surface area contributed by atoms with Gasteiger partial charge in [0.15, 0.2) is 0 Å². The van der Waals surface area contributed by atoms with E-state index in [2.05, 4.69) is 5.32 Å². The van der Waals surface area contributed by atoms with Crippen molar-refractivity contribution in [2.75, 3.05) is 24.2 Å². The number of rotatable bonds is 4. The third kappa shape index (κ3) is 4.54. The molecule has 2 rings (SSSR count). The van der Waals surface area contributed by atoms with Crippen LogP contribution in [0.4, 0.5) is 23.7 Å². The molecule has 0 radical (unpaired) electrons. The number of nitrogens with one attached hydrogen (secondary N) is 1. The van der Waals surface area contributed by atoms with Gasteiger partial charge in [-0.1, -0.05) is 12.1 Å². The fourth-order valence-electron chi connectivity index (χ4n) is 2.34. The van der Waals surface area contributed by atoms with E-state index in [1.54, 1.807) is 24.3 Å². The maximum absolute atomic E-state index is 12.3. The maximum Gasteiger partial charge on any atom is 0.398 e. The molecular weight excluding hydrogens is 317 g/mol. The number of urea groups is 1. The minimum absolute atomic E-state index is 0.113. The SMILES string of the molecule is O=C(Nc1ccccc1SCC(F)(F)F)N1CCC[C@@H]1CO. The molecule has 1 aliphatic rings. The molecule has 1 aromatic rings. The Morgan fingerprint density at radius 1 is 1.41 bits per heavy atom. The zero-order valence-corrected chi connectivity index (χ0v) is 12.6. The molecule has 1 heterocycles. The molecule has 0 aliphatic carbocycles. The molecule has 1 aromatic carbocycles. The lowest BCUT2D eigenvalue weighted by atomic mass is 10.2. The fourth-order valence-corrected chi connectivity index (χ4v) is 3.10. The number of carbonyl (C=O) groups is 1. The van der Waals surface area contributed by atoms with Crippen LogP contribution in [0.15, 0.2) is 29.2 Å². The van der Waals surface area contributed by atoms with Crippen LogP contribution in [-0.4, -0.2) is 47.2 Å². The zero-order chi connectivity index (χ0) is 16.2. The lowest BCUT2D eigenvalue weighted by Gasteiger charge is -2.24. The summed E-state index contributed by atoms with van der Waals surface area (Å²) in [7, 11) is 0. The minimum Gasteiger partial charge on any atom is -0.394 e. The fraction of sp³-hybridized carbons (Fsp3) is 0.500. The summed E-state index contributed by atoms with van der Waals surface area (Å²) >= 11 is 0.637. The number of hydrogen-bond donors (Lipinski definition) is 2. The molecule has 0 spiro atoms. The minimum atomic E-state index is -4.27. The van der Waals surface area contributed by atoms with E-state index in [-0.39, 0.29) is 12.6 Å². The Balaban J connectivity index is 2.04. The van der Waals surface area contributed by atoms with Gasteiger partial charge >= 0.3 is 12.2 Å². The summed E-state index contributed by atoms with van der Waals surface area (Å²) in [5.41, 5.74) is 0.352. The molecule has 0 saturated carbocycles. The third-order valence-corrected chi connectivity index (χ3v) is 4.51. The second-order valence-electron chi connectivity index (χ2n) is 5.00. The van der Waals surface area contributed by atoms with Gasteiger partial charge in [0.25, 0.3) is 0 Å². The van der Waals surface area contributed by atoms with Crippen LogP contribution in [0.25, 0.3) is 0 Å². The summed E-state index contributed by atoms with van der Waals surface area (Å²) in [5.74, 6) is -1.01. The Hall–Kier alpha value is -1.41. The average Bonchev–Trinajstić information content (AvgIpc) is 2.94. The van der Waals surface area contributed by atoms with Crippen molar-refractivity contribution in [3.8, 4) is 0 Å². The Bertz CT molecular complexity index is 525. The van der Waals surface area contributed by atoms with Crippen molar-refractivity contribution in [2.45, 2.75) is 30.0 Å². The molecule has 1 saturated heterocycles. The predicted molar refractivity (Wildman–Crippen MR) is 79.1 cm³/mol. The highest BCUT2D eigenvalue weighted by Crippen LogP contribution is 2.32. The standard InChI is InChI=1S/C14H17F3N2O2S/c15-14(16,17)9-22-12-6-2-1-5-11(12)18-13(21)19-7-3-4-10(19)8-20/h1-2,5-6,10,20H,3-4,7-9H2,(H,18,21)/t10-/m1/s1. The number of para-hydroxylation sites is 1. The Morgan fingerprint density at radius 2 is 2.14 bits per heavy atom. The van der Waals surface area contributed by atoms with Crippen LogP contribution in [0.2, 0.25) is 0 Å². The number of likely N-dealkylation sites (tertiary alicyclic amines) is 1. The highest BCUT2D eigenvalue weighted by Gasteiger charge is 2.30. The van der Waals surface area contributed by atoms with Crippen molar-refractivity contribution in [1.29, 1.82) is 0 Å². The number of amides is 2. The molecule has 122 valence electrons. The number of aliphatic hydroxyl groups excluding tert-OH is 1. The van der Waals surface area contributed by atoms with Gasteiger partial charge in [0.05, 0.1) is 24.1 Å². The second-order valence-corrected chi connectivity index (χ2v) is 6.02. The molecule has 2 N–H and O–H groups in total. The van der Waals surface area contributed by atoms with Gasteiger partial charge in [-0.3, -0.25) is 0 Å². The summed E-state index contributed by atoms with van der Waals surface area (Å²) < 4.78 is 37.0. The molecule has 1 aliphatic heterocycles. The normalized spacial score (nSPS) is 18.5. The van der Waals surface area contributed by atoms with Crippen molar-refractivity contribution in [1.82, 2.24) is 4.90 Å². The van der Waals surface area contributed by atoms with Crippen LogP contribution < -0.4 is 5.32 Å². The summed E-state index contributed by atoms with van der Waals surface area (Å²) in [6.45, 7) is 0.423. The van der Waals surface area contributed by atoms with E-state index in [9.17, 15) is 23.1 Å². The first-order valence-electron chi connectivity index (χ1n) is 6.88. The van der Waals surface area contributed by atoms with E-state index in [0.717, 1.165) is 12.8 Å². The zero-order valence-electron chi connectivity index (χ0n) is 11.8. The van der Waals surface area contributed by atoms with Crippen molar-refractivity contribution in [3.05, 3.63) is 24.3 Å². The molecule has 0 aromatic heterocycles. The molecule has 2 amide bonds. The number of aliphatic hydroxyl groups is 1. The van der Waals surface area contributed by atoms with E-state index in [1.165, 1.54) is 4.90 Å². The molecule has 0 unspecified atom stereocenters. The molecule has 8 heteroatoms. The maximum atomic E-state index is 12.3. The molecule has 22 heavy (non-hydrogen) atoms. The average molecular weight is 334 g/mol. The highest BCUT2D eigenvalue weighted by molar-refractivity contribution is 7.99. The Morgan fingerprint density at radius 3 is 2.82 bits per heavy atom. The highest BCUT2D eigenvalue weighted by atomic mass is 32.2. The number of benzene rings is 1. The summed E-state index contributed by atoms with van der Waals surface area (Å²) in [5, 5.41) is 11.9. The van der Waals surface area contributed by atoms with Gasteiger partial charge in [0, 0.05) is 11.4 Å². The van der Waals surface area contributed by atoms with Crippen LogP contribution in [0.5, 0.6) is 0 Å². The predicted octanol–water partition coefficient (Wildman–Crippen LogP) is 3.33. The summed E-state index contributed by atoms with van der Waals surface area (Å²) in [6, 6.07) is 5.77. The first-order chi connectivity index (χ1) is 10.4. The van der Waals surface area contributed by atoms with Crippen molar-refractivity contribution >= 4 is 23.5 Å². The third-order valence-electron chi connectivity index (χ3n) is 3.37. The van der Waals surface area contributed by atoms with Crippen LogP contribution in [0.3, 0.4) is 0 Å². The monoisotopic (exact) mass is 334 g/mol. The molecular formula is C14H17F3N2O2S. The largest absolute Gasteiger partial charge is 0.398 e. The second kappa shape index (κ2) is 7.23. The van der Waals surface area contributed by atoms with Gasteiger partial charge in [-0.2, -0.15) is 13.2 Å². The van der Waals surface area contributed by atoms with E-state index < -0.39 is 18.0 Å². The van der Waals surface area contributed by atoms with Crippen molar-refractivity contribution in [2.24, 2.45) is 0 Å². The van der Waals surface area contributed by atoms with Gasteiger partial charge in [0.1, 0.15) is 0 Å². The van der Waals surface area contributed by atoms with Gasteiger partial charge in [-0.15, -0.1) is 11.8 Å². The number of thioether (sulfide) groups is 1. The van der Waals surface area contributed by atoms with E-state index in [4.69, 9.17) is 0 Å². The smallest absolute Gasteiger partial charge is 0.394 e. The lowest BCUT2D eigenvalue weighted by molar-refractivity contribution is -0.105. The number of carbonyl (C=O) groups excluding carboxylic acids is 1. The van der Waals surface area contributed by atoms with Crippen LogP contribution >= 0.6 is 11.8 Å². The van der Waals surface area contributed by atoms with Gasteiger partial charge in [-0.25, -0.2) is 4.79 Å². The summed E-state index contributed by atoms with van der Waals surface area (Å²) in [6.07, 6.45) is -2.73. The first kappa shape index (κ1) is 17.0. The Kier molecular flexibility index (Phi) is 5.57. The molecule has 1 fully saturated rings. The quantitative estimate of drug-likeness (QED) is 0.831. The number of nitrogens with zero attached hydrogens (tertiary/aromatic N) is 1. The number of anilines is 1. The van der Waals surface area contributed by atoms with E-state index in [1.807, 2.05) is 0 Å².